The maximum Gasteiger partial charge on any atom is 0.338 e. The fourth-order valence-corrected chi connectivity index (χ4v) is 2.29. The number of methoxy groups -OCH3 is 2. The van der Waals surface area contributed by atoms with Gasteiger partial charge in [-0.1, -0.05) is 30.3 Å². The van der Waals surface area contributed by atoms with Crippen LogP contribution in [0.5, 0.6) is 5.75 Å². The van der Waals surface area contributed by atoms with E-state index in [-0.39, 0.29) is 0 Å². The molecular weight excluding hydrogens is 268 g/mol. The van der Waals surface area contributed by atoms with Crippen molar-refractivity contribution in [1.82, 2.24) is 0 Å². The molecule has 1 heterocycles. The highest BCUT2D eigenvalue weighted by Crippen LogP contribution is 2.35. The van der Waals surface area contributed by atoms with Crippen molar-refractivity contribution in [3.63, 3.8) is 0 Å². The third kappa shape index (κ3) is 2.25. The van der Waals surface area contributed by atoms with E-state index >= 15 is 0 Å². The Kier molecular flexibility index (Phi) is 3.36. The zero-order valence-electron chi connectivity index (χ0n) is 11.8. The fraction of sp³-hybridized carbons (Fsp3) is 0.118. The molecule has 3 rings (SSSR count). The smallest absolute Gasteiger partial charge is 0.338 e. The molecule has 2 aromatic carbocycles. The second-order valence-corrected chi connectivity index (χ2v) is 4.53. The summed E-state index contributed by atoms with van der Waals surface area (Å²) in [4.78, 5) is 11.9. The number of hydrogen-bond donors (Lipinski definition) is 0. The number of carbonyl (C=O) groups excluding carboxylic acids is 1. The molecule has 0 atom stereocenters. The SMILES string of the molecule is COC(=O)c1ccc(OC)c2oc(-c3ccccc3)cc12. The maximum absolute atomic E-state index is 11.9. The Morgan fingerprint density at radius 2 is 1.81 bits per heavy atom. The number of esters is 1. The summed E-state index contributed by atoms with van der Waals surface area (Å²) in [7, 11) is 2.92. The molecule has 0 N–H and O–H groups in total. The zero-order valence-corrected chi connectivity index (χ0v) is 11.8. The minimum absolute atomic E-state index is 0.400. The molecule has 0 amide bonds. The first-order valence-corrected chi connectivity index (χ1v) is 6.49. The summed E-state index contributed by atoms with van der Waals surface area (Å²) >= 11 is 0. The summed E-state index contributed by atoms with van der Waals surface area (Å²) in [5.41, 5.74) is 1.94. The standard InChI is InChI=1S/C17H14O4/c1-19-14-9-8-12(17(18)20-2)13-10-15(21-16(13)14)11-6-4-3-5-7-11/h3-10H,1-2H3. The van der Waals surface area contributed by atoms with Gasteiger partial charge in [0, 0.05) is 10.9 Å². The molecule has 3 aromatic rings. The monoisotopic (exact) mass is 282 g/mol. The van der Waals surface area contributed by atoms with Gasteiger partial charge in [0.25, 0.3) is 0 Å². The molecule has 21 heavy (non-hydrogen) atoms. The Hall–Kier alpha value is -2.75. The predicted molar refractivity (Wildman–Crippen MR) is 79.5 cm³/mol. The zero-order chi connectivity index (χ0) is 14.8. The predicted octanol–water partition coefficient (Wildman–Crippen LogP) is 3.90. The van der Waals surface area contributed by atoms with E-state index in [1.165, 1.54) is 7.11 Å². The first-order chi connectivity index (χ1) is 10.2. The Bertz CT molecular complexity index is 787. The molecule has 0 aliphatic carbocycles. The van der Waals surface area contributed by atoms with Crippen LogP contribution in [0.15, 0.2) is 52.9 Å². The quantitative estimate of drug-likeness (QED) is 0.684. The van der Waals surface area contributed by atoms with E-state index in [0.29, 0.717) is 28.0 Å². The molecule has 0 saturated carbocycles. The second kappa shape index (κ2) is 5.32. The molecule has 0 spiro atoms. The van der Waals surface area contributed by atoms with Crippen LogP contribution in [0.4, 0.5) is 0 Å². The topological polar surface area (TPSA) is 48.7 Å². The molecule has 0 fully saturated rings. The van der Waals surface area contributed by atoms with E-state index in [2.05, 4.69) is 0 Å². The lowest BCUT2D eigenvalue weighted by atomic mass is 10.1. The number of benzene rings is 2. The highest BCUT2D eigenvalue weighted by atomic mass is 16.5. The summed E-state index contributed by atoms with van der Waals surface area (Å²) < 4.78 is 16.0. The van der Waals surface area contributed by atoms with Crippen LogP contribution < -0.4 is 4.74 Å². The Balaban J connectivity index is 2.25. The van der Waals surface area contributed by atoms with Gasteiger partial charge in [-0.05, 0) is 18.2 Å². The third-order valence-corrected chi connectivity index (χ3v) is 3.33. The van der Waals surface area contributed by atoms with Crippen molar-refractivity contribution in [2.75, 3.05) is 14.2 Å². The first kappa shape index (κ1) is 13.2. The first-order valence-electron chi connectivity index (χ1n) is 6.49. The Morgan fingerprint density at radius 3 is 2.48 bits per heavy atom. The number of carbonyl (C=O) groups is 1. The van der Waals surface area contributed by atoms with Crippen molar-refractivity contribution in [2.45, 2.75) is 0 Å². The van der Waals surface area contributed by atoms with Crippen LogP contribution in [-0.4, -0.2) is 20.2 Å². The van der Waals surface area contributed by atoms with Gasteiger partial charge in [0.05, 0.1) is 19.8 Å². The molecule has 106 valence electrons. The summed E-state index contributed by atoms with van der Waals surface area (Å²) in [6.45, 7) is 0. The van der Waals surface area contributed by atoms with Gasteiger partial charge in [-0.2, -0.15) is 0 Å². The molecule has 4 heteroatoms. The minimum Gasteiger partial charge on any atom is -0.493 e. The van der Waals surface area contributed by atoms with Crippen LogP contribution in [0.3, 0.4) is 0 Å². The lowest BCUT2D eigenvalue weighted by Gasteiger charge is -2.04. The van der Waals surface area contributed by atoms with E-state index < -0.39 is 5.97 Å². The minimum atomic E-state index is -0.400. The molecule has 0 radical (unpaired) electrons. The fourth-order valence-electron chi connectivity index (χ4n) is 2.29. The number of ether oxygens (including phenoxy) is 2. The highest BCUT2D eigenvalue weighted by Gasteiger charge is 2.18. The van der Waals surface area contributed by atoms with E-state index in [0.717, 1.165) is 5.56 Å². The molecule has 4 nitrogen and oxygen atoms in total. The van der Waals surface area contributed by atoms with Crippen molar-refractivity contribution in [1.29, 1.82) is 0 Å². The lowest BCUT2D eigenvalue weighted by Crippen LogP contribution is -2.01. The van der Waals surface area contributed by atoms with Gasteiger partial charge in [-0.25, -0.2) is 4.79 Å². The van der Waals surface area contributed by atoms with Crippen molar-refractivity contribution in [2.24, 2.45) is 0 Å². The van der Waals surface area contributed by atoms with Crippen LogP contribution in [0.1, 0.15) is 10.4 Å². The van der Waals surface area contributed by atoms with Gasteiger partial charge in [-0.3, -0.25) is 0 Å². The second-order valence-electron chi connectivity index (χ2n) is 4.53. The lowest BCUT2D eigenvalue weighted by molar-refractivity contribution is 0.0603. The van der Waals surface area contributed by atoms with Crippen molar-refractivity contribution >= 4 is 16.9 Å². The van der Waals surface area contributed by atoms with Crippen LogP contribution in [-0.2, 0) is 4.74 Å². The molecule has 0 aliphatic heterocycles. The van der Waals surface area contributed by atoms with Gasteiger partial charge in [-0.15, -0.1) is 0 Å². The number of rotatable bonds is 3. The summed E-state index contributed by atoms with van der Waals surface area (Å²) in [5.74, 6) is 0.864. The normalized spacial score (nSPS) is 10.6. The number of fused-ring (bicyclic) bond motifs is 1. The van der Waals surface area contributed by atoms with Crippen molar-refractivity contribution < 1.29 is 18.7 Å². The molecule has 0 saturated heterocycles. The van der Waals surface area contributed by atoms with E-state index in [1.807, 2.05) is 36.4 Å². The Labute approximate surface area is 121 Å². The van der Waals surface area contributed by atoms with Gasteiger partial charge in [0.15, 0.2) is 11.3 Å². The van der Waals surface area contributed by atoms with E-state index in [9.17, 15) is 4.79 Å². The molecule has 0 unspecified atom stereocenters. The highest BCUT2D eigenvalue weighted by molar-refractivity contribution is 6.05. The third-order valence-electron chi connectivity index (χ3n) is 3.33. The van der Waals surface area contributed by atoms with Crippen LogP contribution >= 0.6 is 0 Å². The van der Waals surface area contributed by atoms with Gasteiger partial charge < -0.3 is 13.9 Å². The van der Waals surface area contributed by atoms with Gasteiger partial charge >= 0.3 is 5.97 Å². The van der Waals surface area contributed by atoms with E-state index in [1.54, 1.807) is 19.2 Å². The van der Waals surface area contributed by atoms with Crippen molar-refractivity contribution in [3.8, 4) is 17.1 Å². The average molecular weight is 282 g/mol. The molecular formula is C17H14O4. The van der Waals surface area contributed by atoms with Crippen LogP contribution in [0, 0.1) is 0 Å². The number of furan rings is 1. The van der Waals surface area contributed by atoms with Crippen molar-refractivity contribution in [3.05, 3.63) is 54.1 Å². The summed E-state index contributed by atoms with van der Waals surface area (Å²) in [5, 5.41) is 0.681. The molecule has 1 aromatic heterocycles. The van der Waals surface area contributed by atoms with Crippen LogP contribution in [0.25, 0.3) is 22.3 Å². The molecule has 0 bridgehead atoms. The largest absolute Gasteiger partial charge is 0.493 e. The van der Waals surface area contributed by atoms with Gasteiger partial charge in [0.2, 0.25) is 0 Å². The van der Waals surface area contributed by atoms with Crippen LogP contribution in [0.2, 0.25) is 0 Å². The number of hydrogen-bond acceptors (Lipinski definition) is 4. The van der Waals surface area contributed by atoms with E-state index in [4.69, 9.17) is 13.9 Å². The average Bonchev–Trinajstić information content (AvgIpc) is 2.99. The maximum atomic E-state index is 11.9. The van der Waals surface area contributed by atoms with Gasteiger partial charge in [0.1, 0.15) is 5.76 Å². The Morgan fingerprint density at radius 1 is 1.05 bits per heavy atom. The summed E-state index contributed by atoms with van der Waals surface area (Å²) in [6, 6.07) is 14.9. The summed E-state index contributed by atoms with van der Waals surface area (Å²) in [6.07, 6.45) is 0. The molecule has 0 aliphatic rings.